The zero-order chi connectivity index (χ0) is 18.7. The molecule has 3 aromatic rings. The molecular weight excluding hydrogens is 326 g/mol. The van der Waals surface area contributed by atoms with E-state index in [9.17, 15) is 9.59 Å². The molecule has 0 spiro atoms. The highest BCUT2D eigenvalue weighted by atomic mass is 16.5. The molecule has 132 valence electrons. The van der Waals surface area contributed by atoms with Gasteiger partial charge in [-0.05, 0) is 19.4 Å². The molecule has 0 aliphatic heterocycles. The summed E-state index contributed by atoms with van der Waals surface area (Å²) >= 11 is 0. The number of nitrogens with one attached hydrogen (secondary N) is 1. The molecule has 0 aliphatic carbocycles. The molecule has 1 N–H and O–H groups in total. The number of aryl methyl sites for hydroxylation is 1. The second-order valence-electron chi connectivity index (χ2n) is 6.18. The van der Waals surface area contributed by atoms with Crippen molar-refractivity contribution >= 4 is 11.6 Å². The highest BCUT2D eigenvalue weighted by molar-refractivity contribution is 6.05. The first kappa shape index (κ1) is 17.8. The normalized spacial score (nSPS) is 12.0. The van der Waals surface area contributed by atoms with E-state index in [1.807, 2.05) is 55.5 Å². The maximum atomic E-state index is 13.1. The quantitative estimate of drug-likeness (QED) is 0.654. The molecule has 0 fully saturated rings. The average Bonchev–Trinajstić information content (AvgIpc) is 3.01. The minimum absolute atomic E-state index is 0.0983. The molecule has 1 aromatic heterocycles. The van der Waals surface area contributed by atoms with Gasteiger partial charge in [0.15, 0.2) is 11.6 Å². The van der Waals surface area contributed by atoms with Crippen LogP contribution in [0.4, 0.5) is 0 Å². The van der Waals surface area contributed by atoms with Crippen molar-refractivity contribution in [2.45, 2.75) is 20.0 Å². The SMILES string of the molecule is COC(C(=O)c1ccccc1)c1c(-c2ccccc2)[nH]c(C)c1C(C)=O. The maximum Gasteiger partial charge on any atom is 0.196 e. The van der Waals surface area contributed by atoms with Gasteiger partial charge in [0, 0.05) is 29.5 Å². The van der Waals surface area contributed by atoms with E-state index >= 15 is 0 Å². The van der Waals surface area contributed by atoms with E-state index in [4.69, 9.17) is 4.74 Å². The van der Waals surface area contributed by atoms with Crippen molar-refractivity contribution < 1.29 is 14.3 Å². The Balaban J connectivity index is 2.21. The van der Waals surface area contributed by atoms with Gasteiger partial charge in [-0.1, -0.05) is 60.7 Å². The van der Waals surface area contributed by atoms with Crippen LogP contribution in [0.3, 0.4) is 0 Å². The minimum atomic E-state index is -0.864. The van der Waals surface area contributed by atoms with Crippen LogP contribution in [0.2, 0.25) is 0 Å². The van der Waals surface area contributed by atoms with Crippen molar-refractivity contribution in [3.8, 4) is 11.3 Å². The van der Waals surface area contributed by atoms with E-state index < -0.39 is 6.10 Å². The van der Waals surface area contributed by atoms with E-state index in [0.717, 1.165) is 17.0 Å². The molecule has 1 heterocycles. The fourth-order valence-corrected chi connectivity index (χ4v) is 3.30. The Bertz CT molecular complexity index is 927. The molecule has 0 radical (unpaired) electrons. The number of benzene rings is 2. The van der Waals surface area contributed by atoms with Gasteiger partial charge in [0.05, 0.1) is 5.69 Å². The van der Waals surface area contributed by atoms with Crippen molar-refractivity contribution in [1.82, 2.24) is 4.98 Å². The van der Waals surface area contributed by atoms with Gasteiger partial charge in [-0.2, -0.15) is 0 Å². The monoisotopic (exact) mass is 347 g/mol. The van der Waals surface area contributed by atoms with Gasteiger partial charge < -0.3 is 9.72 Å². The first-order valence-corrected chi connectivity index (χ1v) is 8.45. The molecule has 0 amide bonds. The number of rotatable bonds is 6. The van der Waals surface area contributed by atoms with Crippen LogP contribution in [0.25, 0.3) is 11.3 Å². The highest BCUT2D eigenvalue weighted by Gasteiger charge is 2.31. The Kier molecular flexibility index (Phi) is 5.14. The fourth-order valence-electron chi connectivity index (χ4n) is 3.30. The van der Waals surface area contributed by atoms with Gasteiger partial charge in [0.25, 0.3) is 0 Å². The van der Waals surface area contributed by atoms with Crippen LogP contribution in [0.15, 0.2) is 60.7 Å². The largest absolute Gasteiger partial charge is 0.368 e. The second kappa shape index (κ2) is 7.50. The Hall–Kier alpha value is -2.98. The summed E-state index contributed by atoms with van der Waals surface area (Å²) in [5.74, 6) is -0.273. The van der Waals surface area contributed by atoms with E-state index in [-0.39, 0.29) is 11.6 Å². The highest BCUT2D eigenvalue weighted by Crippen LogP contribution is 2.36. The van der Waals surface area contributed by atoms with Crippen molar-refractivity contribution in [3.05, 3.63) is 83.0 Å². The third-order valence-electron chi connectivity index (χ3n) is 4.44. The number of ketones is 2. The zero-order valence-electron chi connectivity index (χ0n) is 15.1. The summed E-state index contributed by atoms with van der Waals surface area (Å²) in [6, 6.07) is 18.6. The third-order valence-corrected chi connectivity index (χ3v) is 4.44. The number of aromatic amines is 1. The Labute approximate surface area is 152 Å². The van der Waals surface area contributed by atoms with Gasteiger partial charge in [0.1, 0.15) is 6.10 Å². The molecule has 1 unspecified atom stereocenters. The zero-order valence-corrected chi connectivity index (χ0v) is 15.1. The summed E-state index contributed by atoms with van der Waals surface area (Å²) in [7, 11) is 1.49. The molecule has 1 atom stereocenters. The number of carbonyl (C=O) groups excluding carboxylic acids is 2. The van der Waals surface area contributed by atoms with Crippen LogP contribution in [0.5, 0.6) is 0 Å². The summed E-state index contributed by atoms with van der Waals surface area (Å²) in [6.07, 6.45) is -0.864. The van der Waals surface area contributed by atoms with E-state index in [1.165, 1.54) is 14.0 Å². The molecule has 26 heavy (non-hydrogen) atoms. The number of aromatic nitrogens is 1. The molecule has 0 bridgehead atoms. The molecule has 4 nitrogen and oxygen atoms in total. The van der Waals surface area contributed by atoms with Crippen molar-refractivity contribution in [2.24, 2.45) is 0 Å². The van der Waals surface area contributed by atoms with Gasteiger partial charge >= 0.3 is 0 Å². The number of carbonyl (C=O) groups is 2. The van der Waals surface area contributed by atoms with Gasteiger partial charge in [-0.15, -0.1) is 0 Å². The Morgan fingerprint density at radius 2 is 1.54 bits per heavy atom. The van der Waals surface area contributed by atoms with Crippen LogP contribution in [0, 0.1) is 6.92 Å². The first-order chi connectivity index (χ1) is 12.5. The summed E-state index contributed by atoms with van der Waals surface area (Å²) < 4.78 is 5.60. The summed E-state index contributed by atoms with van der Waals surface area (Å²) in [6.45, 7) is 3.35. The lowest BCUT2D eigenvalue weighted by Crippen LogP contribution is -2.17. The fraction of sp³-hybridized carbons (Fsp3) is 0.182. The summed E-state index contributed by atoms with van der Waals surface area (Å²) in [4.78, 5) is 28.7. The number of Topliss-reactive ketones (excluding diaryl/α,β-unsaturated/α-hetero) is 2. The minimum Gasteiger partial charge on any atom is -0.368 e. The lowest BCUT2D eigenvalue weighted by atomic mass is 9.92. The second-order valence-corrected chi connectivity index (χ2v) is 6.18. The van der Waals surface area contributed by atoms with Crippen LogP contribution in [-0.4, -0.2) is 23.7 Å². The lowest BCUT2D eigenvalue weighted by molar-refractivity contribution is 0.0603. The summed E-state index contributed by atoms with van der Waals surface area (Å²) in [5, 5.41) is 0. The van der Waals surface area contributed by atoms with E-state index in [0.29, 0.717) is 16.7 Å². The van der Waals surface area contributed by atoms with Crippen LogP contribution >= 0.6 is 0 Å². The molecule has 3 rings (SSSR count). The standard InChI is InChI=1S/C22H21NO3/c1-14-18(15(2)24)19(20(23-14)16-10-6-4-7-11-16)22(26-3)21(25)17-12-8-5-9-13-17/h4-13,22-23H,1-3H3. The third kappa shape index (κ3) is 3.24. The van der Waals surface area contributed by atoms with Crippen LogP contribution < -0.4 is 0 Å². The first-order valence-electron chi connectivity index (χ1n) is 8.45. The maximum absolute atomic E-state index is 13.1. The summed E-state index contributed by atoms with van der Waals surface area (Å²) in [5.41, 5.74) is 4.03. The average molecular weight is 347 g/mol. The van der Waals surface area contributed by atoms with Gasteiger partial charge in [0.2, 0.25) is 0 Å². The molecule has 0 aliphatic rings. The van der Waals surface area contributed by atoms with Crippen molar-refractivity contribution in [1.29, 1.82) is 0 Å². The molecule has 4 heteroatoms. The van der Waals surface area contributed by atoms with E-state index in [2.05, 4.69) is 4.98 Å². The van der Waals surface area contributed by atoms with Gasteiger partial charge in [-0.25, -0.2) is 0 Å². The van der Waals surface area contributed by atoms with Gasteiger partial charge in [-0.3, -0.25) is 9.59 Å². The van der Waals surface area contributed by atoms with Crippen molar-refractivity contribution in [2.75, 3.05) is 7.11 Å². The number of hydrogen-bond acceptors (Lipinski definition) is 3. The molecule has 0 saturated heterocycles. The van der Waals surface area contributed by atoms with E-state index in [1.54, 1.807) is 12.1 Å². The number of hydrogen-bond donors (Lipinski definition) is 1. The number of H-pyrrole nitrogens is 1. The predicted octanol–water partition coefficient (Wildman–Crippen LogP) is 4.76. The number of ether oxygens (including phenoxy) is 1. The Morgan fingerprint density at radius 3 is 2.08 bits per heavy atom. The Morgan fingerprint density at radius 1 is 0.962 bits per heavy atom. The predicted molar refractivity (Wildman–Crippen MR) is 101 cm³/mol. The lowest BCUT2D eigenvalue weighted by Gasteiger charge is -2.17. The number of methoxy groups -OCH3 is 1. The van der Waals surface area contributed by atoms with Crippen LogP contribution in [-0.2, 0) is 4.74 Å². The molecule has 2 aromatic carbocycles. The molecular formula is C22H21NO3. The van der Waals surface area contributed by atoms with Crippen LogP contribution in [0.1, 0.15) is 45.0 Å². The smallest absolute Gasteiger partial charge is 0.196 e. The topological polar surface area (TPSA) is 59.2 Å². The molecule has 0 saturated carbocycles. The van der Waals surface area contributed by atoms with Crippen molar-refractivity contribution in [3.63, 3.8) is 0 Å².